The fourth-order valence-electron chi connectivity index (χ4n) is 3.15. The van der Waals surface area contributed by atoms with Gasteiger partial charge in [0, 0.05) is 33.7 Å². The van der Waals surface area contributed by atoms with Crippen molar-refractivity contribution in [2.45, 2.75) is 12.8 Å². The Labute approximate surface area is 130 Å². The molecule has 7 heteroatoms. The lowest BCUT2D eigenvalue weighted by atomic mass is 9.96. The average Bonchev–Trinajstić information content (AvgIpc) is 2.49. The third-order valence-corrected chi connectivity index (χ3v) is 4.28. The second-order valence-electron chi connectivity index (χ2n) is 6.21. The molecule has 1 fully saturated rings. The van der Waals surface area contributed by atoms with Gasteiger partial charge in [0.15, 0.2) is 5.56 Å². The van der Waals surface area contributed by atoms with Crippen LogP contribution in [0.15, 0.2) is 9.59 Å². The summed E-state index contributed by atoms with van der Waals surface area (Å²) in [4.78, 5) is 28.4. The molecule has 1 aromatic rings. The van der Waals surface area contributed by atoms with E-state index < -0.39 is 11.2 Å². The van der Waals surface area contributed by atoms with Crippen LogP contribution in [-0.2, 0) is 14.1 Å². The minimum absolute atomic E-state index is 0.0515. The summed E-state index contributed by atoms with van der Waals surface area (Å²) in [5.41, 5.74) is -0.860. The molecular formula is C15H23N5O2. The quantitative estimate of drug-likeness (QED) is 0.769. The molecule has 0 atom stereocenters. The summed E-state index contributed by atoms with van der Waals surface area (Å²) in [6.45, 7) is 2.55. The first-order valence-electron chi connectivity index (χ1n) is 7.46. The molecule has 0 N–H and O–H groups in total. The maximum absolute atomic E-state index is 12.1. The van der Waals surface area contributed by atoms with Gasteiger partial charge in [-0.25, -0.2) is 4.79 Å². The van der Waals surface area contributed by atoms with Gasteiger partial charge >= 0.3 is 5.69 Å². The molecular weight excluding hydrogens is 282 g/mol. The highest BCUT2D eigenvalue weighted by atomic mass is 16.2. The van der Waals surface area contributed by atoms with Gasteiger partial charge in [0.25, 0.3) is 5.56 Å². The van der Waals surface area contributed by atoms with E-state index in [1.54, 1.807) is 7.05 Å². The molecule has 1 aliphatic heterocycles. The van der Waals surface area contributed by atoms with E-state index in [0.717, 1.165) is 37.0 Å². The molecule has 0 aromatic carbocycles. The predicted molar refractivity (Wildman–Crippen MR) is 85.1 cm³/mol. The van der Waals surface area contributed by atoms with Gasteiger partial charge in [-0.05, 0) is 32.9 Å². The van der Waals surface area contributed by atoms with Gasteiger partial charge in [-0.1, -0.05) is 0 Å². The Morgan fingerprint density at radius 1 is 1.18 bits per heavy atom. The lowest BCUT2D eigenvalue weighted by Crippen LogP contribution is -2.45. The minimum atomic E-state index is -0.518. The molecule has 2 rings (SSSR count). The number of aromatic nitrogens is 2. The van der Waals surface area contributed by atoms with Gasteiger partial charge in [-0.15, -0.1) is 0 Å². The van der Waals surface area contributed by atoms with Gasteiger partial charge in [0.05, 0.1) is 0 Å². The van der Waals surface area contributed by atoms with Crippen molar-refractivity contribution < 1.29 is 0 Å². The first kappa shape index (κ1) is 16.3. The van der Waals surface area contributed by atoms with Crippen LogP contribution in [0.2, 0.25) is 0 Å². The van der Waals surface area contributed by atoms with Crippen molar-refractivity contribution in [1.29, 1.82) is 5.26 Å². The average molecular weight is 305 g/mol. The van der Waals surface area contributed by atoms with Crippen molar-refractivity contribution in [3.05, 3.63) is 26.4 Å². The van der Waals surface area contributed by atoms with Crippen LogP contribution in [0.1, 0.15) is 18.4 Å². The van der Waals surface area contributed by atoms with Crippen molar-refractivity contribution in [1.82, 2.24) is 14.0 Å². The molecule has 0 amide bonds. The Kier molecular flexibility index (Phi) is 4.71. The van der Waals surface area contributed by atoms with Crippen LogP contribution in [0, 0.1) is 17.2 Å². The largest absolute Gasteiger partial charge is 0.357 e. The van der Waals surface area contributed by atoms with E-state index in [-0.39, 0.29) is 5.56 Å². The highest BCUT2D eigenvalue weighted by Crippen LogP contribution is 2.23. The fraction of sp³-hybridized carbons (Fsp3) is 0.667. The molecule has 1 saturated heterocycles. The van der Waals surface area contributed by atoms with Crippen LogP contribution in [0.3, 0.4) is 0 Å². The van der Waals surface area contributed by atoms with Gasteiger partial charge in [0.1, 0.15) is 11.9 Å². The van der Waals surface area contributed by atoms with Crippen LogP contribution in [0.5, 0.6) is 0 Å². The molecule has 120 valence electrons. The molecule has 2 heterocycles. The molecule has 0 radical (unpaired) electrons. The van der Waals surface area contributed by atoms with Crippen molar-refractivity contribution in [3.63, 3.8) is 0 Å². The molecule has 1 aliphatic rings. The van der Waals surface area contributed by atoms with Crippen molar-refractivity contribution >= 4 is 5.82 Å². The number of piperidine rings is 1. The zero-order chi connectivity index (χ0) is 16.4. The molecule has 0 unspecified atom stereocenters. The first-order chi connectivity index (χ1) is 10.4. The van der Waals surface area contributed by atoms with Crippen LogP contribution >= 0.6 is 0 Å². The second kappa shape index (κ2) is 6.36. The van der Waals surface area contributed by atoms with E-state index in [0.29, 0.717) is 11.7 Å². The van der Waals surface area contributed by atoms with Crippen LogP contribution in [0.25, 0.3) is 0 Å². The number of nitriles is 1. The van der Waals surface area contributed by atoms with Crippen molar-refractivity contribution in [2.75, 3.05) is 38.6 Å². The van der Waals surface area contributed by atoms with Crippen LogP contribution in [0.4, 0.5) is 5.82 Å². The number of anilines is 1. The lowest BCUT2D eigenvalue weighted by Gasteiger charge is -2.35. The third kappa shape index (κ3) is 2.92. The molecule has 0 spiro atoms. The van der Waals surface area contributed by atoms with E-state index in [4.69, 9.17) is 0 Å². The Hall–Kier alpha value is -2.07. The molecule has 0 saturated carbocycles. The summed E-state index contributed by atoms with van der Waals surface area (Å²) >= 11 is 0. The van der Waals surface area contributed by atoms with Gasteiger partial charge < -0.3 is 9.80 Å². The normalized spacial score (nSPS) is 16.1. The van der Waals surface area contributed by atoms with Crippen LogP contribution < -0.4 is 16.1 Å². The molecule has 0 bridgehead atoms. The SMILES string of the molecule is CN(C)CC1CCN(c2c(C#N)c(=O)n(C)c(=O)n2C)CC1. The van der Waals surface area contributed by atoms with Crippen molar-refractivity contribution in [3.8, 4) is 6.07 Å². The summed E-state index contributed by atoms with van der Waals surface area (Å²) in [6.07, 6.45) is 1.99. The highest BCUT2D eigenvalue weighted by Gasteiger charge is 2.25. The van der Waals surface area contributed by atoms with E-state index in [2.05, 4.69) is 19.0 Å². The van der Waals surface area contributed by atoms with Gasteiger partial charge in [-0.3, -0.25) is 13.9 Å². The zero-order valence-electron chi connectivity index (χ0n) is 13.7. The number of hydrogen-bond donors (Lipinski definition) is 0. The fourth-order valence-corrected chi connectivity index (χ4v) is 3.15. The Bertz CT molecular complexity index is 702. The maximum atomic E-state index is 12.1. The van der Waals surface area contributed by atoms with Crippen molar-refractivity contribution in [2.24, 2.45) is 20.0 Å². The predicted octanol–water partition coefficient (Wildman–Crippen LogP) is -0.266. The summed E-state index contributed by atoms with van der Waals surface area (Å²) < 4.78 is 2.40. The Morgan fingerprint density at radius 3 is 2.27 bits per heavy atom. The zero-order valence-corrected chi connectivity index (χ0v) is 13.7. The monoisotopic (exact) mass is 305 g/mol. The lowest BCUT2D eigenvalue weighted by molar-refractivity contribution is 0.284. The minimum Gasteiger partial charge on any atom is -0.357 e. The first-order valence-corrected chi connectivity index (χ1v) is 7.46. The summed E-state index contributed by atoms with van der Waals surface area (Å²) in [7, 11) is 7.14. The Morgan fingerprint density at radius 2 is 1.77 bits per heavy atom. The number of hydrogen-bond acceptors (Lipinski definition) is 5. The summed E-state index contributed by atoms with van der Waals surface area (Å²) in [5, 5.41) is 9.33. The molecule has 0 aliphatic carbocycles. The molecule has 7 nitrogen and oxygen atoms in total. The van der Waals surface area contributed by atoms with E-state index >= 15 is 0 Å². The maximum Gasteiger partial charge on any atom is 0.332 e. The Balaban J connectivity index is 2.34. The topological polar surface area (TPSA) is 74.3 Å². The van der Waals surface area contributed by atoms with E-state index in [1.165, 1.54) is 11.6 Å². The van der Waals surface area contributed by atoms with E-state index in [1.807, 2.05) is 11.0 Å². The molecule has 1 aromatic heterocycles. The third-order valence-electron chi connectivity index (χ3n) is 4.28. The van der Waals surface area contributed by atoms with E-state index in [9.17, 15) is 14.9 Å². The highest BCUT2D eigenvalue weighted by molar-refractivity contribution is 5.53. The van der Waals surface area contributed by atoms with Crippen LogP contribution in [-0.4, -0.2) is 47.8 Å². The number of nitrogens with zero attached hydrogens (tertiary/aromatic N) is 5. The standard InChI is InChI=1S/C15H23N5O2/c1-17(2)10-11-5-7-20(8-6-11)13-12(9-16)14(21)19(4)15(22)18(13)3/h11H,5-8,10H2,1-4H3. The second-order valence-corrected chi connectivity index (χ2v) is 6.21. The summed E-state index contributed by atoms with van der Waals surface area (Å²) in [6, 6.07) is 1.97. The smallest absolute Gasteiger partial charge is 0.332 e. The number of rotatable bonds is 3. The van der Waals surface area contributed by atoms with Gasteiger partial charge in [0.2, 0.25) is 0 Å². The molecule has 22 heavy (non-hydrogen) atoms. The summed E-state index contributed by atoms with van der Waals surface area (Å²) in [5.74, 6) is 1.07. The van der Waals surface area contributed by atoms with Gasteiger partial charge in [-0.2, -0.15) is 5.26 Å².